The van der Waals surface area contributed by atoms with Gasteiger partial charge < -0.3 is 24.8 Å². The van der Waals surface area contributed by atoms with Crippen molar-refractivity contribution in [2.75, 3.05) is 38.8 Å². The Morgan fingerprint density at radius 2 is 1.95 bits per heavy atom. The molecular weight excluding hydrogens is 506 g/mol. The van der Waals surface area contributed by atoms with Crippen LogP contribution in [-0.4, -0.2) is 54.3 Å². The first kappa shape index (κ1) is 26.8. The minimum absolute atomic E-state index is 0.0341. The normalized spacial score (nSPS) is 10.5. The number of nitrogens with zero attached hydrogens (tertiary/aromatic N) is 3. The number of hydrogen-bond donors (Lipinski definition) is 2. The zero-order valence-electron chi connectivity index (χ0n) is 21.0. The lowest BCUT2D eigenvalue weighted by molar-refractivity contribution is -0.125. The van der Waals surface area contributed by atoms with Crippen LogP contribution in [0.15, 0.2) is 61.1 Å². The van der Waals surface area contributed by atoms with Crippen LogP contribution >= 0.6 is 11.6 Å². The lowest BCUT2D eigenvalue weighted by atomic mass is 10.1. The highest BCUT2D eigenvalue weighted by Gasteiger charge is 2.09. The number of ether oxygens (including phenoxy) is 3. The fraction of sp³-hybridized carbons (Fsp3) is 0.214. The molecule has 2 N–H and O–H groups in total. The average Bonchev–Trinajstić information content (AvgIpc) is 2.92. The molecule has 0 unspecified atom stereocenters. The van der Waals surface area contributed by atoms with Crippen molar-refractivity contribution in [1.29, 1.82) is 0 Å². The molecule has 0 spiro atoms. The molecule has 0 saturated carbocycles. The predicted molar refractivity (Wildman–Crippen MR) is 146 cm³/mol. The number of aromatic nitrogens is 3. The second-order valence-corrected chi connectivity index (χ2v) is 8.49. The topological polar surface area (TPSA) is 107 Å². The van der Waals surface area contributed by atoms with Gasteiger partial charge in [-0.25, -0.2) is 9.97 Å². The molecule has 2 aromatic carbocycles. The predicted octanol–water partition coefficient (Wildman–Crippen LogP) is 4.65. The third kappa shape index (κ3) is 7.63. The van der Waals surface area contributed by atoms with Crippen LogP contribution in [0.3, 0.4) is 0 Å². The third-order valence-corrected chi connectivity index (χ3v) is 5.51. The second-order valence-electron chi connectivity index (χ2n) is 8.09. The van der Waals surface area contributed by atoms with Gasteiger partial charge in [-0.2, -0.15) is 0 Å². The van der Waals surface area contributed by atoms with Crippen LogP contribution in [0.2, 0.25) is 5.02 Å². The first-order chi connectivity index (χ1) is 18.5. The Labute approximate surface area is 225 Å². The van der Waals surface area contributed by atoms with Gasteiger partial charge in [0.1, 0.15) is 30.3 Å². The van der Waals surface area contributed by atoms with E-state index in [1.807, 2.05) is 43.3 Å². The molecule has 4 aromatic rings. The van der Waals surface area contributed by atoms with Crippen LogP contribution in [0.5, 0.6) is 11.5 Å². The molecule has 1 amide bonds. The fourth-order valence-corrected chi connectivity index (χ4v) is 3.54. The van der Waals surface area contributed by atoms with E-state index in [2.05, 4.69) is 37.4 Å². The van der Waals surface area contributed by atoms with Crippen molar-refractivity contribution in [3.63, 3.8) is 0 Å². The number of carbonyl (C=O) groups excluding carboxylic acids is 1. The van der Waals surface area contributed by atoms with Crippen molar-refractivity contribution < 1.29 is 19.0 Å². The number of nitrogens with one attached hydrogen (secondary N) is 2. The highest BCUT2D eigenvalue weighted by molar-refractivity contribution is 6.32. The van der Waals surface area contributed by atoms with Gasteiger partial charge in [0.2, 0.25) is 5.91 Å². The molecule has 10 heteroatoms. The summed E-state index contributed by atoms with van der Waals surface area (Å²) in [5, 5.41) is 7.22. The van der Waals surface area contributed by atoms with Gasteiger partial charge in [0, 0.05) is 29.4 Å². The van der Waals surface area contributed by atoms with Crippen molar-refractivity contribution in [3.8, 4) is 23.3 Å². The Bertz CT molecular complexity index is 1470. The van der Waals surface area contributed by atoms with E-state index >= 15 is 0 Å². The fourth-order valence-electron chi connectivity index (χ4n) is 3.32. The smallest absolute Gasteiger partial charge is 0.246 e. The Morgan fingerprint density at radius 1 is 1.05 bits per heavy atom. The molecule has 38 heavy (non-hydrogen) atoms. The Kier molecular flexibility index (Phi) is 9.43. The quantitative estimate of drug-likeness (QED) is 0.225. The summed E-state index contributed by atoms with van der Waals surface area (Å²) in [6, 6.07) is 14.7. The molecule has 0 radical (unpaired) electrons. The van der Waals surface area contributed by atoms with Gasteiger partial charge in [-0.05, 0) is 55.5 Å². The second kappa shape index (κ2) is 13.4. The average molecular weight is 532 g/mol. The molecule has 0 bridgehead atoms. The van der Waals surface area contributed by atoms with E-state index in [1.165, 1.54) is 6.33 Å². The molecule has 0 atom stereocenters. The van der Waals surface area contributed by atoms with Crippen molar-refractivity contribution in [1.82, 2.24) is 20.3 Å². The Balaban J connectivity index is 1.42. The van der Waals surface area contributed by atoms with Crippen molar-refractivity contribution >= 4 is 39.9 Å². The molecule has 2 heterocycles. The van der Waals surface area contributed by atoms with Crippen LogP contribution in [0.1, 0.15) is 11.3 Å². The van der Waals surface area contributed by atoms with Gasteiger partial charge >= 0.3 is 0 Å². The van der Waals surface area contributed by atoms with Crippen LogP contribution < -0.4 is 15.4 Å². The van der Waals surface area contributed by atoms with Gasteiger partial charge in [-0.3, -0.25) is 9.78 Å². The number of fused-ring (bicyclic) bond motifs is 1. The minimum atomic E-state index is -0.237. The Morgan fingerprint density at radius 3 is 2.74 bits per heavy atom. The van der Waals surface area contributed by atoms with Gasteiger partial charge in [-0.1, -0.05) is 23.4 Å². The molecule has 0 aliphatic heterocycles. The van der Waals surface area contributed by atoms with E-state index in [-0.39, 0.29) is 19.1 Å². The zero-order valence-corrected chi connectivity index (χ0v) is 21.7. The van der Waals surface area contributed by atoms with Crippen LogP contribution in [0.4, 0.5) is 11.5 Å². The minimum Gasteiger partial charge on any atom is -0.454 e. The zero-order chi connectivity index (χ0) is 26.7. The molecule has 4 rings (SSSR count). The molecular formula is C28H26ClN5O4. The molecule has 0 aliphatic rings. The lowest BCUT2D eigenvalue weighted by Gasteiger charge is -2.11. The van der Waals surface area contributed by atoms with Crippen LogP contribution in [-0.2, 0) is 14.3 Å². The summed E-state index contributed by atoms with van der Waals surface area (Å²) in [5.41, 5.74) is 3.15. The largest absolute Gasteiger partial charge is 0.454 e. The number of hydrogen-bond acceptors (Lipinski definition) is 8. The van der Waals surface area contributed by atoms with Gasteiger partial charge in [0.25, 0.3) is 0 Å². The number of pyridine rings is 1. The first-order valence-corrected chi connectivity index (χ1v) is 12.1. The highest BCUT2D eigenvalue weighted by atomic mass is 35.5. The monoisotopic (exact) mass is 531 g/mol. The third-order valence-electron chi connectivity index (χ3n) is 5.21. The maximum Gasteiger partial charge on any atom is 0.246 e. The van der Waals surface area contributed by atoms with E-state index in [0.29, 0.717) is 35.6 Å². The number of benzene rings is 2. The number of carbonyl (C=O) groups is 1. The Hall–Kier alpha value is -4.23. The molecule has 194 valence electrons. The summed E-state index contributed by atoms with van der Waals surface area (Å²) in [5.74, 6) is 7.48. The summed E-state index contributed by atoms with van der Waals surface area (Å²) >= 11 is 6.48. The number of anilines is 2. The molecule has 0 fully saturated rings. The van der Waals surface area contributed by atoms with Crippen LogP contribution in [0.25, 0.3) is 10.9 Å². The van der Waals surface area contributed by atoms with Gasteiger partial charge in [0.15, 0.2) is 0 Å². The maximum absolute atomic E-state index is 11.8. The van der Waals surface area contributed by atoms with E-state index in [0.717, 1.165) is 27.8 Å². The SMILES string of the molecule is COCCOCC(=O)NCC#Cc1ccc2ncnc(Nc3ccc(Oc4ccc(C)nc4)c(Cl)c3)c2c1. The molecule has 0 aliphatic carbocycles. The van der Waals surface area contributed by atoms with Gasteiger partial charge in [-0.15, -0.1) is 0 Å². The highest BCUT2D eigenvalue weighted by Crippen LogP contribution is 2.33. The van der Waals surface area contributed by atoms with E-state index in [9.17, 15) is 4.79 Å². The molecule has 9 nitrogen and oxygen atoms in total. The van der Waals surface area contributed by atoms with E-state index in [4.69, 9.17) is 25.8 Å². The van der Waals surface area contributed by atoms with Gasteiger partial charge in [0.05, 0.1) is 36.5 Å². The first-order valence-electron chi connectivity index (χ1n) is 11.8. The summed E-state index contributed by atoms with van der Waals surface area (Å²) < 4.78 is 15.9. The van der Waals surface area contributed by atoms with Crippen LogP contribution in [0, 0.1) is 18.8 Å². The number of rotatable bonds is 10. The summed E-state index contributed by atoms with van der Waals surface area (Å²) in [6.07, 6.45) is 3.14. The lowest BCUT2D eigenvalue weighted by Crippen LogP contribution is -2.28. The van der Waals surface area contributed by atoms with Crippen molar-refractivity contribution in [3.05, 3.63) is 77.3 Å². The standard InChI is InChI=1S/C28H26ClN5O4/c1-19-5-8-22(16-31-19)38-26-10-7-21(15-24(26)29)34-28-23-14-20(6-9-25(23)32-18-33-28)4-3-11-30-27(35)17-37-13-12-36-2/h5-10,14-16,18H,11-13,17H2,1-2H3,(H,30,35)(H,32,33,34). The summed E-state index contributed by atoms with van der Waals surface area (Å²) in [4.78, 5) is 24.7. The van der Waals surface area contributed by atoms with Crippen molar-refractivity contribution in [2.45, 2.75) is 6.92 Å². The summed E-state index contributed by atoms with van der Waals surface area (Å²) in [7, 11) is 1.57. The number of halogens is 1. The maximum atomic E-state index is 11.8. The molecule has 0 saturated heterocycles. The van der Waals surface area contributed by atoms with Crippen molar-refractivity contribution in [2.24, 2.45) is 0 Å². The number of amides is 1. The van der Waals surface area contributed by atoms with E-state index < -0.39 is 0 Å². The molecule has 2 aromatic heterocycles. The number of aryl methyl sites for hydroxylation is 1. The van der Waals surface area contributed by atoms with E-state index in [1.54, 1.807) is 25.4 Å². The number of methoxy groups -OCH3 is 1. The summed E-state index contributed by atoms with van der Waals surface area (Å²) in [6.45, 7) is 2.88.